The van der Waals surface area contributed by atoms with Crippen molar-refractivity contribution in [3.8, 4) is 0 Å². The number of hydrogen-bond donors (Lipinski definition) is 2. The van der Waals surface area contributed by atoms with Crippen LogP contribution in [0.5, 0.6) is 0 Å². The van der Waals surface area contributed by atoms with Crippen molar-refractivity contribution in [3.63, 3.8) is 0 Å². The SMILES string of the molecule is NCCn1cc(S(=O)(=O)NCCc2ccc(Cl)s2)cn1. The van der Waals surface area contributed by atoms with Crippen LogP contribution in [0, 0.1) is 0 Å². The summed E-state index contributed by atoms with van der Waals surface area (Å²) in [7, 11) is -3.52. The monoisotopic (exact) mass is 334 g/mol. The number of nitrogens with zero attached hydrogens (tertiary/aromatic N) is 2. The van der Waals surface area contributed by atoms with E-state index in [-0.39, 0.29) is 4.90 Å². The van der Waals surface area contributed by atoms with Crippen molar-refractivity contribution in [2.45, 2.75) is 17.9 Å². The van der Waals surface area contributed by atoms with Crippen LogP contribution in [0.1, 0.15) is 4.88 Å². The smallest absolute Gasteiger partial charge is 0.243 e. The third-order valence-corrected chi connectivity index (χ3v) is 5.28. The highest BCUT2D eigenvalue weighted by molar-refractivity contribution is 7.89. The Balaban J connectivity index is 1.92. The van der Waals surface area contributed by atoms with Gasteiger partial charge in [0.15, 0.2) is 0 Å². The van der Waals surface area contributed by atoms with Crippen LogP contribution in [0.15, 0.2) is 29.4 Å². The quantitative estimate of drug-likeness (QED) is 0.792. The number of rotatable bonds is 7. The predicted octanol–water partition coefficient (Wildman–Crippen LogP) is 1.08. The molecule has 0 aliphatic carbocycles. The molecule has 2 aromatic rings. The fourth-order valence-corrected chi connectivity index (χ4v) is 3.69. The molecule has 0 aliphatic rings. The summed E-state index contributed by atoms with van der Waals surface area (Å²) in [6, 6.07) is 3.69. The van der Waals surface area contributed by atoms with Gasteiger partial charge in [0, 0.05) is 24.2 Å². The molecule has 0 saturated heterocycles. The molecule has 0 bridgehead atoms. The van der Waals surface area contributed by atoms with Crippen LogP contribution in [-0.4, -0.2) is 31.3 Å². The van der Waals surface area contributed by atoms with Crippen molar-refractivity contribution in [2.75, 3.05) is 13.1 Å². The van der Waals surface area contributed by atoms with Crippen molar-refractivity contribution >= 4 is 33.0 Å². The van der Waals surface area contributed by atoms with Crippen molar-refractivity contribution in [1.82, 2.24) is 14.5 Å². The number of hydrogen-bond acceptors (Lipinski definition) is 5. The Morgan fingerprint density at radius 1 is 1.45 bits per heavy atom. The standard InChI is InChI=1S/C11H15ClN4O2S2/c12-11-2-1-9(19-11)3-5-15-20(17,18)10-7-14-16(8-10)6-4-13/h1-2,7-8,15H,3-6,13H2. The summed E-state index contributed by atoms with van der Waals surface area (Å²) < 4.78 is 28.8. The number of nitrogens with two attached hydrogens (primary N) is 1. The molecule has 9 heteroatoms. The van der Waals surface area contributed by atoms with Gasteiger partial charge in [-0.1, -0.05) is 11.6 Å². The van der Waals surface area contributed by atoms with Gasteiger partial charge in [0.1, 0.15) is 4.90 Å². The van der Waals surface area contributed by atoms with E-state index in [1.807, 2.05) is 6.07 Å². The Morgan fingerprint density at radius 3 is 2.90 bits per heavy atom. The molecule has 0 saturated carbocycles. The lowest BCUT2D eigenvalue weighted by molar-refractivity contribution is 0.581. The summed E-state index contributed by atoms with van der Waals surface area (Å²) in [5.74, 6) is 0. The van der Waals surface area contributed by atoms with Gasteiger partial charge in [0.05, 0.1) is 17.1 Å². The predicted molar refractivity (Wildman–Crippen MR) is 79.5 cm³/mol. The molecular formula is C11H15ClN4O2S2. The maximum Gasteiger partial charge on any atom is 0.243 e. The van der Waals surface area contributed by atoms with Crippen molar-refractivity contribution in [2.24, 2.45) is 5.73 Å². The van der Waals surface area contributed by atoms with E-state index in [0.29, 0.717) is 30.4 Å². The second-order valence-corrected chi connectivity index (χ2v) is 7.65. The minimum Gasteiger partial charge on any atom is -0.329 e. The average molecular weight is 335 g/mol. The normalized spacial score (nSPS) is 11.9. The van der Waals surface area contributed by atoms with Gasteiger partial charge in [-0.3, -0.25) is 4.68 Å². The molecule has 2 heterocycles. The first-order valence-electron chi connectivity index (χ1n) is 5.97. The molecular weight excluding hydrogens is 320 g/mol. The molecule has 3 N–H and O–H groups in total. The second kappa shape index (κ2) is 6.68. The molecule has 0 spiro atoms. The minimum atomic E-state index is -3.52. The van der Waals surface area contributed by atoms with E-state index in [4.69, 9.17) is 17.3 Å². The van der Waals surface area contributed by atoms with Crippen molar-refractivity contribution < 1.29 is 8.42 Å². The van der Waals surface area contributed by atoms with E-state index in [1.54, 1.807) is 6.07 Å². The first-order chi connectivity index (χ1) is 9.51. The maximum absolute atomic E-state index is 12.0. The highest BCUT2D eigenvalue weighted by Crippen LogP contribution is 2.21. The first-order valence-corrected chi connectivity index (χ1v) is 8.65. The summed E-state index contributed by atoms with van der Waals surface area (Å²) in [5.41, 5.74) is 5.39. The molecule has 6 nitrogen and oxygen atoms in total. The van der Waals surface area contributed by atoms with Crippen LogP contribution in [0.2, 0.25) is 4.34 Å². The van der Waals surface area contributed by atoms with Crippen LogP contribution in [0.4, 0.5) is 0 Å². The van der Waals surface area contributed by atoms with E-state index in [9.17, 15) is 8.42 Å². The first kappa shape index (κ1) is 15.5. The lowest BCUT2D eigenvalue weighted by Gasteiger charge is -2.03. The van der Waals surface area contributed by atoms with Gasteiger partial charge in [-0.15, -0.1) is 11.3 Å². The zero-order valence-electron chi connectivity index (χ0n) is 10.6. The number of nitrogens with one attached hydrogen (secondary N) is 1. The fraction of sp³-hybridized carbons (Fsp3) is 0.364. The van der Waals surface area contributed by atoms with E-state index in [1.165, 1.54) is 28.4 Å². The van der Waals surface area contributed by atoms with Gasteiger partial charge < -0.3 is 5.73 Å². The van der Waals surface area contributed by atoms with Gasteiger partial charge in [0.25, 0.3) is 0 Å². The van der Waals surface area contributed by atoms with E-state index in [0.717, 1.165) is 4.88 Å². The molecule has 0 aromatic carbocycles. The van der Waals surface area contributed by atoms with E-state index < -0.39 is 10.0 Å². The Morgan fingerprint density at radius 2 is 2.25 bits per heavy atom. The number of sulfonamides is 1. The Bertz CT molecular complexity index is 666. The Hall–Kier alpha value is -0.930. The van der Waals surface area contributed by atoms with Crippen LogP contribution in [-0.2, 0) is 23.0 Å². The Kier molecular flexibility index (Phi) is 5.17. The number of aromatic nitrogens is 2. The Labute approximate surface area is 126 Å². The zero-order chi connectivity index (χ0) is 14.6. The third-order valence-electron chi connectivity index (χ3n) is 2.57. The van der Waals surface area contributed by atoms with Crippen molar-refractivity contribution in [1.29, 1.82) is 0 Å². The molecule has 0 amide bonds. The van der Waals surface area contributed by atoms with Crippen molar-refractivity contribution in [3.05, 3.63) is 33.7 Å². The number of halogens is 1. The van der Waals surface area contributed by atoms with Gasteiger partial charge in [0.2, 0.25) is 10.0 Å². The summed E-state index contributed by atoms with van der Waals surface area (Å²) in [4.78, 5) is 1.19. The lowest BCUT2D eigenvalue weighted by atomic mass is 10.3. The molecule has 0 unspecified atom stereocenters. The molecule has 0 fully saturated rings. The molecule has 0 aliphatic heterocycles. The fourth-order valence-electron chi connectivity index (χ4n) is 1.62. The second-order valence-electron chi connectivity index (χ2n) is 4.08. The third kappa shape index (κ3) is 4.03. The molecule has 110 valence electrons. The lowest BCUT2D eigenvalue weighted by Crippen LogP contribution is -2.25. The average Bonchev–Trinajstić information content (AvgIpc) is 2.99. The molecule has 0 radical (unpaired) electrons. The van der Waals surface area contributed by atoms with Gasteiger partial charge in [-0.05, 0) is 18.6 Å². The van der Waals surface area contributed by atoms with Gasteiger partial charge in [-0.2, -0.15) is 5.10 Å². The highest BCUT2D eigenvalue weighted by atomic mass is 35.5. The summed E-state index contributed by atoms with van der Waals surface area (Å²) in [6.45, 7) is 1.22. The number of thiophene rings is 1. The molecule has 2 rings (SSSR count). The minimum absolute atomic E-state index is 0.148. The van der Waals surface area contributed by atoms with Crippen LogP contribution in [0.25, 0.3) is 0 Å². The van der Waals surface area contributed by atoms with Gasteiger partial charge in [-0.25, -0.2) is 13.1 Å². The molecule has 20 heavy (non-hydrogen) atoms. The topological polar surface area (TPSA) is 90.0 Å². The summed E-state index contributed by atoms with van der Waals surface area (Å²) >= 11 is 7.26. The molecule has 0 atom stereocenters. The van der Waals surface area contributed by atoms with E-state index in [2.05, 4.69) is 9.82 Å². The molecule has 2 aromatic heterocycles. The largest absolute Gasteiger partial charge is 0.329 e. The summed E-state index contributed by atoms with van der Waals surface area (Å²) in [5, 5.41) is 3.94. The maximum atomic E-state index is 12.0. The van der Waals surface area contributed by atoms with E-state index >= 15 is 0 Å². The highest BCUT2D eigenvalue weighted by Gasteiger charge is 2.15. The van der Waals surface area contributed by atoms with Crippen LogP contribution >= 0.6 is 22.9 Å². The van der Waals surface area contributed by atoms with Crippen LogP contribution in [0.3, 0.4) is 0 Å². The zero-order valence-corrected chi connectivity index (χ0v) is 13.0. The summed E-state index contributed by atoms with van der Waals surface area (Å²) in [6.07, 6.45) is 3.39. The van der Waals surface area contributed by atoms with Crippen LogP contribution < -0.4 is 10.5 Å². The van der Waals surface area contributed by atoms with Gasteiger partial charge >= 0.3 is 0 Å².